The van der Waals surface area contributed by atoms with Crippen LogP contribution in [-0.2, 0) is 0 Å². The Morgan fingerprint density at radius 3 is 2.12 bits per heavy atom. The van der Waals surface area contributed by atoms with E-state index >= 15 is 0 Å². The molecule has 1 rings (SSSR count). The Morgan fingerprint density at radius 2 is 1.75 bits per heavy atom. The number of nitrogens with one attached hydrogen (secondary N) is 1. The van der Waals surface area contributed by atoms with Gasteiger partial charge in [0.15, 0.2) is 0 Å². The van der Waals surface area contributed by atoms with Gasteiger partial charge in [0.2, 0.25) is 0 Å². The van der Waals surface area contributed by atoms with Crippen LogP contribution < -0.4 is 10.6 Å². The number of nitrogen functional groups attached to an aromatic ring is 1. The minimum atomic E-state index is 0.122. The van der Waals surface area contributed by atoms with Crippen molar-refractivity contribution in [2.75, 3.05) is 11.9 Å². The highest BCUT2D eigenvalue weighted by atomic mass is 15.1. The van der Waals surface area contributed by atoms with Crippen LogP contribution in [0.25, 0.3) is 0 Å². The summed E-state index contributed by atoms with van der Waals surface area (Å²) in [5.41, 5.74) is 7.38. The summed E-state index contributed by atoms with van der Waals surface area (Å²) in [5.74, 6) is 0.122. The van der Waals surface area contributed by atoms with Crippen molar-refractivity contribution in [2.24, 2.45) is 5.73 Å². The van der Waals surface area contributed by atoms with Crippen LogP contribution in [0.3, 0.4) is 0 Å². The molecule has 1 aromatic carbocycles. The number of nitrogens with two attached hydrogens (primary N) is 1. The molecule has 1 aromatic rings. The molecule has 88 valence electrons. The second kappa shape index (κ2) is 5.54. The fraction of sp³-hybridized carbons (Fsp3) is 0.462. The molecule has 0 unspecified atom stereocenters. The summed E-state index contributed by atoms with van der Waals surface area (Å²) in [5, 5.41) is 7.33. The van der Waals surface area contributed by atoms with Gasteiger partial charge in [-0.15, -0.1) is 0 Å². The third-order valence-electron chi connectivity index (χ3n) is 3.08. The van der Waals surface area contributed by atoms with Crippen LogP contribution in [-0.4, -0.2) is 18.9 Å². The summed E-state index contributed by atoms with van der Waals surface area (Å²) in [6.07, 6.45) is 2.28. The Bertz CT molecular complexity index is 339. The number of anilines is 1. The lowest BCUT2D eigenvalue weighted by Gasteiger charge is -2.28. The number of nitrogens with zero attached hydrogens (tertiary/aromatic N) is 1. The summed E-state index contributed by atoms with van der Waals surface area (Å²) < 4.78 is 0. The average molecular weight is 219 g/mol. The van der Waals surface area contributed by atoms with E-state index in [4.69, 9.17) is 11.1 Å². The van der Waals surface area contributed by atoms with Gasteiger partial charge in [0.1, 0.15) is 5.84 Å². The van der Waals surface area contributed by atoms with Crippen molar-refractivity contribution in [2.45, 2.75) is 32.7 Å². The van der Waals surface area contributed by atoms with Gasteiger partial charge < -0.3 is 10.6 Å². The van der Waals surface area contributed by atoms with Gasteiger partial charge >= 0.3 is 0 Å². The zero-order valence-corrected chi connectivity index (χ0v) is 10.3. The predicted molar refractivity (Wildman–Crippen MR) is 70.2 cm³/mol. The molecule has 0 aromatic heterocycles. The molecular formula is C13H21N3. The van der Waals surface area contributed by atoms with Crippen molar-refractivity contribution >= 4 is 11.5 Å². The fourth-order valence-electron chi connectivity index (χ4n) is 1.92. The van der Waals surface area contributed by atoms with E-state index in [9.17, 15) is 0 Å². The van der Waals surface area contributed by atoms with Crippen molar-refractivity contribution < 1.29 is 0 Å². The number of benzene rings is 1. The van der Waals surface area contributed by atoms with E-state index in [-0.39, 0.29) is 5.84 Å². The molecule has 0 saturated heterocycles. The van der Waals surface area contributed by atoms with E-state index in [2.05, 4.69) is 25.8 Å². The van der Waals surface area contributed by atoms with Crippen LogP contribution in [0.4, 0.5) is 5.69 Å². The van der Waals surface area contributed by atoms with Crippen molar-refractivity contribution in [3.8, 4) is 0 Å². The van der Waals surface area contributed by atoms with E-state index < -0.39 is 0 Å². The second-order valence-corrected chi connectivity index (χ2v) is 4.04. The Balaban J connectivity index is 2.84. The zero-order chi connectivity index (χ0) is 12.1. The van der Waals surface area contributed by atoms with Crippen LogP contribution in [0.15, 0.2) is 24.3 Å². The Labute approximate surface area is 97.8 Å². The molecular weight excluding hydrogens is 198 g/mol. The molecule has 0 bridgehead atoms. The van der Waals surface area contributed by atoms with Gasteiger partial charge in [0, 0.05) is 24.3 Å². The van der Waals surface area contributed by atoms with Gasteiger partial charge in [-0.1, -0.05) is 13.8 Å². The van der Waals surface area contributed by atoms with Gasteiger partial charge in [-0.25, -0.2) is 0 Å². The first-order valence-corrected chi connectivity index (χ1v) is 5.77. The quantitative estimate of drug-likeness (QED) is 0.591. The highest BCUT2D eigenvalue weighted by Crippen LogP contribution is 2.18. The maximum Gasteiger partial charge on any atom is 0.122 e. The number of hydrogen-bond acceptors (Lipinski definition) is 2. The van der Waals surface area contributed by atoms with Crippen molar-refractivity contribution in [1.82, 2.24) is 0 Å². The van der Waals surface area contributed by atoms with E-state index in [0.29, 0.717) is 6.04 Å². The van der Waals surface area contributed by atoms with Crippen molar-refractivity contribution in [3.63, 3.8) is 0 Å². The molecule has 0 atom stereocenters. The summed E-state index contributed by atoms with van der Waals surface area (Å²) in [4.78, 5) is 2.28. The smallest absolute Gasteiger partial charge is 0.122 e. The largest absolute Gasteiger partial charge is 0.384 e. The summed E-state index contributed by atoms with van der Waals surface area (Å²) >= 11 is 0. The normalized spacial score (nSPS) is 10.5. The minimum Gasteiger partial charge on any atom is -0.384 e. The summed E-state index contributed by atoms with van der Waals surface area (Å²) in [6, 6.07) is 8.42. The molecule has 0 fully saturated rings. The van der Waals surface area contributed by atoms with Crippen LogP contribution >= 0.6 is 0 Å². The molecule has 0 aliphatic rings. The first kappa shape index (κ1) is 12.6. The SMILES string of the molecule is CCC(CC)N(C)c1ccc(C(=N)N)cc1. The molecule has 3 heteroatoms. The van der Waals surface area contributed by atoms with Gasteiger partial charge in [0.05, 0.1) is 0 Å². The lowest BCUT2D eigenvalue weighted by molar-refractivity contribution is 0.591. The third-order valence-corrected chi connectivity index (χ3v) is 3.08. The minimum absolute atomic E-state index is 0.122. The molecule has 3 N–H and O–H groups in total. The van der Waals surface area contributed by atoms with Gasteiger partial charge in [-0.05, 0) is 37.1 Å². The number of amidine groups is 1. The molecule has 0 spiro atoms. The fourth-order valence-corrected chi connectivity index (χ4v) is 1.92. The van der Waals surface area contributed by atoms with Crippen LogP contribution in [0, 0.1) is 5.41 Å². The van der Waals surface area contributed by atoms with Crippen LogP contribution in [0.1, 0.15) is 32.3 Å². The molecule has 0 aliphatic carbocycles. The third kappa shape index (κ3) is 2.75. The molecule has 0 aliphatic heterocycles. The lowest BCUT2D eigenvalue weighted by atomic mass is 10.1. The highest BCUT2D eigenvalue weighted by molar-refractivity contribution is 5.95. The Kier molecular flexibility index (Phi) is 4.35. The first-order chi connectivity index (χ1) is 7.60. The van der Waals surface area contributed by atoms with Gasteiger partial charge in [0.25, 0.3) is 0 Å². The monoisotopic (exact) mass is 219 g/mol. The van der Waals surface area contributed by atoms with E-state index in [1.807, 2.05) is 24.3 Å². The Hall–Kier alpha value is -1.51. The standard InChI is InChI=1S/C13H21N3/c1-4-11(5-2)16(3)12-8-6-10(7-9-12)13(14)15/h6-9,11H,4-5H2,1-3H3,(H3,14,15). The van der Waals surface area contributed by atoms with Crippen molar-refractivity contribution in [1.29, 1.82) is 5.41 Å². The lowest BCUT2D eigenvalue weighted by Crippen LogP contribution is -2.30. The molecule has 16 heavy (non-hydrogen) atoms. The molecule has 0 radical (unpaired) electrons. The van der Waals surface area contributed by atoms with E-state index in [0.717, 1.165) is 18.4 Å². The summed E-state index contributed by atoms with van der Waals surface area (Å²) in [6.45, 7) is 4.41. The average Bonchev–Trinajstić information content (AvgIpc) is 2.30. The molecule has 0 amide bonds. The number of hydrogen-bond donors (Lipinski definition) is 2. The zero-order valence-electron chi connectivity index (χ0n) is 10.3. The van der Waals surface area contributed by atoms with Crippen LogP contribution in [0.5, 0.6) is 0 Å². The topological polar surface area (TPSA) is 53.1 Å². The second-order valence-electron chi connectivity index (χ2n) is 4.04. The van der Waals surface area contributed by atoms with Crippen molar-refractivity contribution in [3.05, 3.63) is 29.8 Å². The van der Waals surface area contributed by atoms with Gasteiger partial charge in [-0.3, -0.25) is 5.41 Å². The predicted octanol–water partition coefficient (Wildman–Crippen LogP) is 2.60. The van der Waals surface area contributed by atoms with Gasteiger partial charge in [-0.2, -0.15) is 0 Å². The maximum absolute atomic E-state index is 7.33. The molecule has 3 nitrogen and oxygen atoms in total. The number of rotatable bonds is 5. The maximum atomic E-state index is 7.33. The molecule has 0 heterocycles. The van der Waals surface area contributed by atoms with Crippen LogP contribution in [0.2, 0.25) is 0 Å². The van der Waals surface area contributed by atoms with E-state index in [1.54, 1.807) is 0 Å². The van der Waals surface area contributed by atoms with E-state index in [1.165, 1.54) is 5.69 Å². The first-order valence-electron chi connectivity index (χ1n) is 5.77. The Morgan fingerprint density at radius 1 is 1.25 bits per heavy atom. The highest BCUT2D eigenvalue weighted by Gasteiger charge is 2.10. The summed E-state index contributed by atoms with van der Waals surface area (Å²) in [7, 11) is 2.11. The molecule has 0 saturated carbocycles.